The van der Waals surface area contributed by atoms with Gasteiger partial charge in [0, 0.05) is 51.7 Å². The van der Waals surface area contributed by atoms with Crippen LogP contribution in [0.1, 0.15) is 29.7 Å². The van der Waals surface area contributed by atoms with Gasteiger partial charge in [-0.25, -0.2) is 0 Å². The third-order valence-corrected chi connectivity index (χ3v) is 5.60. The number of hydrogen-bond donors (Lipinski definition) is 2. The summed E-state index contributed by atoms with van der Waals surface area (Å²) in [5.41, 5.74) is 3.16. The van der Waals surface area contributed by atoms with Gasteiger partial charge in [-0.15, -0.1) is 0 Å². The van der Waals surface area contributed by atoms with Gasteiger partial charge in [0.05, 0.1) is 6.04 Å². The van der Waals surface area contributed by atoms with Gasteiger partial charge in [0.15, 0.2) is 0 Å². The van der Waals surface area contributed by atoms with Crippen molar-refractivity contribution in [3.05, 3.63) is 65.5 Å². The molecule has 0 aliphatic carbocycles. The quantitative estimate of drug-likeness (QED) is 0.678. The Morgan fingerprint density at radius 3 is 2.37 bits per heavy atom. The molecule has 1 aliphatic heterocycles. The van der Waals surface area contributed by atoms with Crippen LogP contribution in [0.3, 0.4) is 0 Å². The fourth-order valence-electron chi connectivity index (χ4n) is 3.66. The number of rotatable bonds is 7. The van der Waals surface area contributed by atoms with E-state index in [-0.39, 0.29) is 6.04 Å². The number of amides is 2. The average Bonchev–Trinajstić information content (AvgIpc) is 2.79. The summed E-state index contributed by atoms with van der Waals surface area (Å²) in [6, 6.07) is 11.8. The summed E-state index contributed by atoms with van der Waals surface area (Å²) in [7, 11) is 0. The van der Waals surface area contributed by atoms with E-state index in [1.54, 1.807) is 6.20 Å². The Morgan fingerprint density at radius 2 is 1.73 bits per heavy atom. The molecule has 7 heteroatoms. The van der Waals surface area contributed by atoms with Crippen molar-refractivity contribution in [1.82, 2.24) is 25.4 Å². The Kier molecular flexibility index (Phi) is 7.93. The fourth-order valence-corrected chi connectivity index (χ4v) is 3.66. The molecule has 30 heavy (non-hydrogen) atoms. The van der Waals surface area contributed by atoms with Crippen molar-refractivity contribution in [1.29, 1.82) is 0 Å². The number of pyridine rings is 1. The third-order valence-electron chi connectivity index (χ3n) is 5.60. The first-order valence-electron chi connectivity index (χ1n) is 10.5. The molecule has 0 radical (unpaired) electrons. The third kappa shape index (κ3) is 6.11. The average molecular weight is 410 g/mol. The highest BCUT2D eigenvalue weighted by atomic mass is 16.2. The summed E-state index contributed by atoms with van der Waals surface area (Å²) in [6.45, 7) is 9.76. The number of likely N-dealkylation sites (N-methyl/N-ethyl adjacent to an activating group) is 1. The number of carbonyl (C=O) groups is 2. The number of aryl methyl sites for hydroxylation is 1. The smallest absolute Gasteiger partial charge is 0.309 e. The predicted molar refractivity (Wildman–Crippen MR) is 117 cm³/mol. The number of hydrogen-bond acceptors (Lipinski definition) is 5. The number of nitrogens with zero attached hydrogens (tertiary/aromatic N) is 3. The van der Waals surface area contributed by atoms with Crippen LogP contribution >= 0.6 is 0 Å². The maximum Gasteiger partial charge on any atom is 0.309 e. The normalized spacial score (nSPS) is 16.1. The Bertz CT molecular complexity index is 817. The first kappa shape index (κ1) is 21.9. The molecule has 0 bridgehead atoms. The van der Waals surface area contributed by atoms with Crippen LogP contribution in [-0.4, -0.2) is 65.9 Å². The van der Waals surface area contributed by atoms with E-state index in [2.05, 4.69) is 32.3 Å². The Morgan fingerprint density at radius 1 is 1.03 bits per heavy atom. The van der Waals surface area contributed by atoms with Gasteiger partial charge in [0.2, 0.25) is 0 Å². The largest absolute Gasteiger partial charge is 0.346 e. The molecular weight excluding hydrogens is 378 g/mol. The van der Waals surface area contributed by atoms with Crippen molar-refractivity contribution in [3.63, 3.8) is 0 Å². The van der Waals surface area contributed by atoms with Gasteiger partial charge < -0.3 is 15.5 Å². The molecule has 2 heterocycles. The number of carbonyl (C=O) groups excluding carboxylic acids is 2. The van der Waals surface area contributed by atoms with Crippen molar-refractivity contribution in [2.24, 2.45) is 0 Å². The van der Waals surface area contributed by atoms with Crippen LogP contribution in [0.15, 0.2) is 48.8 Å². The maximum atomic E-state index is 12.4. The highest BCUT2D eigenvalue weighted by Crippen LogP contribution is 2.21. The van der Waals surface area contributed by atoms with Crippen molar-refractivity contribution in [3.8, 4) is 0 Å². The summed E-state index contributed by atoms with van der Waals surface area (Å²) in [5.74, 6) is -1.22. The highest BCUT2D eigenvalue weighted by Gasteiger charge is 2.26. The summed E-state index contributed by atoms with van der Waals surface area (Å²) < 4.78 is 0. The molecule has 1 fully saturated rings. The zero-order valence-electron chi connectivity index (χ0n) is 17.8. The molecule has 1 aromatic heterocycles. The van der Waals surface area contributed by atoms with E-state index >= 15 is 0 Å². The van der Waals surface area contributed by atoms with Gasteiger partial charge in [-0.2, -0.15) is 0 Å². The maximum absolute atomic E-state index is 12.4. The highest BCUT2D eigenvalue weighted by molar-refractivity contribution is 6.35. The van der Waals surface area contributed by atoms with E-state index < -0.39 is 11.8 Å². The van der Waals surface area contributed by atoms with Gasteiger partial charge in [-0.3, -0.25) is 19.5 Å². The van der Waals surface area contributed by atoms with E-state index in [0.717, 1.165) is 49.4 Å². The van der Waals surface area contributed by atoms with E-state index in [4.69, 9.17) is 0 Å². The molecule has 0 saturated carbocycles. The standard InChI is InChI=1S/C23H31N5O2/c1-3-27-11-13-28(14-12-27)21(20-5-4-10-24-16-20)17-26-23(30)22(29)25-15-19-8-6-18(2)7-9-19/h4-10,16,21H,3,11-15,17H2,1-2H3,(H,25,29)(H,26,30). The second-order valence-corrected chi connectivity index (χ2v) is 7.65. The zero-order chi connectivity index (χ0) is 21.3. The van der Waals surface area contributed by atoms with Gasteiger partial charge in [0.25, 0.3) is 0 Å². The summed E-state index contributed by atoms with van der Waals surface area (Å²) >= 11 is 0. The van der Waals surface area contributed by atoms with Crippen LogP contribution in [0.5, 0.6) is 0 Å². The number of piperazine rings is 1. The van der Waals surface area contributed by atoms with E-state index in [1.165, 1.54) is 0 Å². The van der Waals surface area contributed by atoms with Gasteiger partial charge in [-0.1, -0.05) is 42.8 Å². The van der Waals surface area contributed by atoms with Crippen molar-refractivity contribution >= 4 is 11.8 Å². The van der Waals surface area contributed by atoms with E-state index in [0.29, 0.717) is 13.1 Å². The molecular formula is C23H31N5O2. The lowest BCUT2D eigenvalue weighted by Gasteiger charge is -2.39. The van der Waals surface area contributed by atoms with E-state index in [1.807, 2.05) is 49.5 Å². The van der Waals surface area contributed by atoms with Gasteiger partial charge in [-0.05, 0) is 30.7 Å². The summed E-state index contributed by atoms with van der Waals surface area (Å²) in [6.07, 6.45) is 3.58. The minimum Gasteiger partial charge on any atom is -0.346 e. The lowest BCUT2D eigenvalue weighted by molar-refractivity contribution is -0.139. The minimum absolute atomic E-state index is 0.00782. The lowest BCUT2D eigenvalue weighted by Crippen LogP contribution is -2.50. The Balaban J connectivity index is 1.55. The molecule has 0 spiro atoms. The molecule has 1 aliphatic rings. The summed E-state index contributed by atoms with van der Waals surface area (Å²) in [4.78, 5) is 33.6. The van der Waals surface area contributed by atoms with Crippen molar-refractivity contribution < 1.29 is 9.59 Å². The number of aromatic nitrogens is 1. The first-order chi connectivity index (χ1) is 14.6. The van der Waals surface area contributed by atoms with Crippen LogP contribution in [0.4, 0.5) is 0 Å². The van der Waals surface area contributed by atoms with Crippen LogP contribution in [-0.2, 0) is 16.1 Å². The first-order valence-corrected chi connectivity index (χ1v) is 10.5. The number of benzene rings is 1. The van der Waals surface area contributed by atoms with Crippen molar-refractivity contribution in [2.45, 2.75) is 26.4 Å². The van der Waals surface area contributed by atoms with Gasteiger partial charge >= 0.3 is 11.8 Å². The predicted octanol–water partition coefficient (Wildman–Crippen LogP) is 1.50. The molecule has 1 unspecified atom stereocenters. The molecule has 7 nitrogen and oxygen atoms in total. The van der Waals surface area contributed by atoms with Crippen LogP contribution in [0.25, 0.3) is 0 Å². The zero-order valence-corrected chi connectivity index (χ0v) is 17.8. The Labute approximate surface area is 178 Å². The fraction of sp³-hybridized carbons (Fsp3) is 0.435. The van der Waals surface area contributed by atoms with E-state index in [9.17, 15) is 9.59 Å². The minimum atomic E-state index is -0.615. The van der Waals surface area contributed by atoms with Crippen LogP contribution in [0, 0.1) is 6.92 Å². The summed E-state index contributed by atoms with van der Waals surface area (Å²) in [5, 5.41) is 5.51. The number of nitrogens with one attached hydrogen (secondary N) is 2. The monoisotopic (exact) mass is 409 g/mol. The van der Waals surface area contributed by atoms with Crippen LogP contribution in [0.2, 0.25) is 0 Å². The molecule has 3 rings (SSSR count). The topological polar surface area (TPSA) is 77.6 Å². The Hall–Kier alpha value is -2.77. The SMILES string of the molecule is CCN1CCN(C(CNC(=O)C(=O)NCc2ccc(C)cc2)c2cccnc2)CC1. The molecule has 1 aromatic carbocycles. The van der Waals surface area contributed by atoms with Gasteiger partial charge in [0.1, 0.15) is 0 Å². The molecule has 2 amide bonds. The van der Waals surface area contributed by atoms with Crippen molar-refractivity contribution in [2.75, 3.05) is 39.3 Å². The molecule has 2 aromatic rings. The second-order valence-electron chi connectivity index (χ2n) is 7.65. The van der Waals surface area contributed by atoms with Crippen LogP contribution < -0.4 is 10.6 Å². The molecule has 1 atom stereocenters. The molecule has 160 valence electrons. The second kappa shape index (κ2) is 10.8. The molecule has 1 saturated heterocycles. The molecule has 2 N–H and O–H groups in total. The lowest BCUT2D eigenvalue weighted by atomic mass is 10.1.